The van der Waals surface area contributed by atoms with Crippen molar-refractivity contribution in [3.8, 4) is 11.5 Å². The molecule has 1 aromatic carbocycles. The Morgan fingerprint density at radius 1 is 1.19 bits per heavy atom. The maximum Gasteiger partial charge on any atom is 0.321 e. The Labute approximate surface area is 165 Å². The van der Waals surface area contributed by atoms with E-state index in [1.54, 1.807) is 0 Å². The number of carbonyl (C=O) groups is 1. The van der Waals surface area contributed by atoms with Gasteiger partial charge in [0.25, 0.3) is 0 Å². The molecule has 0 aliphatic carbocycles. The second-order valence-electron chi connectivity index (χ2n) is 7.41. The van der Waals surface area contributed by atoms with Gasteiger partial charge in [-0.1, -0.05) is 6.92 Å². The Morgan fingerprint density at radius 2 is 2.00 bits per heavy atom. The minimum Gasteiger partial charge on any atom is -0.454 e. The lowest BCUT2D eigenvalue weighted by Crippen LogP contribution is -2.49. The van der Waals surface area contributed by atoms with Crippen LogP contribution in [0.15, 0.2) is 18.2 Å². The summed E-state index contributed by atoms with van der Waals surface area (Å²) in [7, 11) is 0. The summed E-state index contributed by atoms with van der Waals surface area (Å²) in [6, 6.07) is 6.86. The summed E-state index contributed by atoms with van der Waals surface area (Å²) >= 11 is 2.05. The SMILES string of the molecule is CCSC[C@@H]1CCCN1C1CCN(C(=O)Nc2ccc3c(c2)OCO3)CC1. The van der Waals surface area contributed by atoms with Gasteiger partial charge in [0.05, 0.1) is 0 Å². The van der Waals surface area contributed by atoms with E-state index in [-0.39, 0.29) is 12.8 Å². The van der Waals surface area contributed by atoms with E-state index in [4.69, 9.17) is 9.47 Å². The van der Waals surface area contributed by atoms with Crippen LogP contribution in [0.3, 0.4) is 0 Å². The van der Waals surface area contributed by atoms with E-state index in [9.17, 15) is 4.79 Å². The molecule has 1 aromatic rings. The molecule has 2 fully saturated rings. The van der Waals surface area contributed by atoms with E-state index in [2.05, 4.69) is 28.9 Å². The van der Waals surface area contributed by atoms with Crippen LogP contribution < -0.4 is 14.8 Å². The largest absolute Gasteiger partial charge is 0.454 e. The first-order chi connectivity index (χ1) is 13.2. The lowest BCUT2D eigenvalue weighted by molar-refractivity contribution is 0.118. The van der Waals surface area contributed by atoms with Crippen LogP contribution in [0.4, 0.5) is 10.5 Å². The highest BCUT2D eigenvalue weighted by Gasteiger charge is 2.33. The van der Waals surface area contributed by atoms with Crippen LogP contribution in [0.5, 0.6) is 11.5 Å². The molecular formula is C20H29N3O3S. The highest BCUT2D eigenvalue weighted by atomic mass is 32.2. The number of ether oxygens (including phenoxy) is 2. The zero-order valence-corrected chi connectivity index (χ0v) is 16.8. The average Bonchev–Trinajstić information content (AvgIpc) is 3.35. The molecule has 0 aromatic heterocycles. The number of thioether (sulfide) groups is 1. The fraction of sp³-hybridized carbons (Fsp3) is 0.650. The molecule has 148 valence electrons. The molecule has 1 N–H and O–H groups in total. The van der Waals surface area contributed by atoms with Crippen LogP contribution in [0.25, 0.3) is 0 Å². The van der Waals surface area contributed by atoms with Gasteiger partial charge in [-0.05, 0) is 50.1 Å². The average molecular weight is 392 g/mol. The zero-order valence-electron chi connectivity index (χ0n) is 16.0. The summed E-state index contributed by atoms with van der Waals surface area (Å²) in [6.07, 6.45) is 4.79. The monoisotopic (exact) mass is 391 g/mol. The van der Waals surface area contributed by atoms with Crippen molar-refractivity contribution >= 4 is 23.5 Å². The number of urea groups is 1. The summed E-state index contributed by atoms with van der Waals surface area (Å²) in [6.45, 7) is 5.36. The smallest absolute Gasteiger partial charge is 0.321 e. The summed E-state index contributed by atoms with van der Waals surface area (Å²) in [5.74, 6) is 3.87. The highest BCUT2D eigenvalue weighted by molar-refractivity contribution is 7.99. The molecule has 3 heterocycles. The van der Waals surface area contributed by atoms with Crippen molar-refractivity contribution in [1.82, 2.24) is 9.80 Å². The van der Waals surface area contributed by atoms with Crippen LogP contribution in [-0.4, -0.2) is 65.8 Å². The number of nitrogens with one attached hydrogen (secondary N) is 1. The summed E-state index contributed by atoms with van der Waals surface area (Å²) < 4.78 is 10.7. The zero-order chi connectivity index (χ0) is 18.6. The first-order valence-corrected chi connectivity index (χ1v) is 11.2. The minimum absolute atomic E-state index is 0.0215. The second kappa shape index (κ2) is 8.61. The Balaban J connectivity index is 1.28. The number of likely N-dealkylation sites (tertiary alicyclic amines) is 2. The molecule has 2 amide bonds. The molecule has 0 radical (unpaired) electrons. The summed E-state index contributed by atoms with van der Waals surface area (Å²) in [4.78, 5) is 17.3. The van der Waals surface area contributed by atoms with E-state index in [0.717, 1.165) is 43.4 Å². The highest BCUT2D eigenvalue weighted by Crippen LogP contribution is 2.34. The van der Waals surface area contributed by atoms with Crippen LogP contribution in [0, 0.1) is 0 Å². The number of benzene rings is 1. The van der Waals surface area contributed by atoms with E-state index < -0.39 is 0 Å². The number of nitrogens with zero attached hydrogens (tertiary/aromatic N) is 2. The maximum atomic E-state index is 12.6. The standard InChI is InChI=1S/C20H29N3O3S/c1-2-27-13-17-4-3-9-23(17)16-7-10-22(11-8-16)20(24)21-15-5-6-18-19(12-15)26-14-25-18/h5-6,12,16-17H,2-4,7-11,13-14H2,1H3,(H,21,24)/t17-/m0/s1. The molecule has 0 bridgehead atoms. The number of carbonyl (C=O) groups excluding carboxylic acids is 1. The van der Waals surface area contributed by atoms with Gasteiger partial charge in [0.15, 0.2) is 11.5 Å². The lowest BCUT2D eigenvalue weighted by Gasteiger charge is -2.39. The first kappa shape index (κ1) is 18.7. The number of fused-ring (bicyclic) bond motifs is 1. The molecule has 3 aliphatic rings. The van der Waals surface area contributed by atoms with Gasteiger partial charge in [0, 0.05) is 42.7 Å². The van der Waals surface area contributed by atoms with Gasteiger partial charge in [0.2, 0.25) is 6.79 Å². The third-order valence-corrected chi connectivity index (χ3v) is 6.81. The predicted molar refractivity (Wildman–Crippen MR) is 109 cm³/mol. The summed E-state index contributed by atoms with van der Waals surface area (Å²) in [5, 5.41) is 3.00. The fourth-order valence-corrected chi connectivity index (χ4v) is 5.21. The molecule has 7 heteroatoms. The third-order valence-electron chi connectivity index (χ3n) is 5.78. The van der Waals surface area contributed by atoms with Gasteiger partial charge >= 0.3 is 6.03 Å². The number of hydrogen-bond acceptors (Lipinski definition) is 5. The number of hydrogen-bond donors (Lipinski definition) is 1. The van der Waals surface area contributed by atoms with E-state index in [1.165, 1.54) is 30.9 Å². The van der Waals surface area contributed by atoms with Gasteiger partial charge in [-0.3, -0.25) is 4.90 Å². The Morgan fingerprint density at radius 3 is 2.81 bits per heavy atom. The van der Waals surface area contributed by atoms with Crippen molar-refractivity contribution in [3.63, 3.8) is 0 Å². The van der Waals surface area contributed by atoms with E-state index in [1.807, 2.05) is 23.1 Å². The molecule has 0 spiro atoms. The predicted octanol–water partition coefficient (Wildman–Crippen LogP) is 3.63. The van der Waals surface area contributed by atoms with Crippen molar-refractivity contribution in [2.45, 2.75) is 44.7 Å². The molecule has 6 nitrogen and oxygen atoms in total. The first-order valence-electron chi connectivity index (χ1n) is 10.0. The van der Waals surface area contributed by atoms with Gasteiger partial charge < -0.3 is 19.7 Å². The van der Waals surface area contributed by atoms with Crippen molar-refractivity contribution in [3.05, 3.63) is 18.2 Å². The molecule has 0 saturated carbocycles. The molecule has 1 atom stereocenters. The molecule has 0 unspecified atom stereocenters. The Hall–Kier alpha value is -1.60. The Bertz CT molecular complexity index is 664. The minimum atomic E-state index is -0.0215. The number of rotatable bonds is 5. The maximum absolute atomic E-state index is 12.6. The van der Waals surface area contributed by atoms with Crippen LogP contribution in [0.2, 0.25) is 0 Å². The van der Waals surface area contributed by atoms with Gasteiger partial charge in [-0.25, -0.2) is 4.79 Å². The number of piperidine rings is 1. The molecule has 27 heavy (non-hydrogen) atoms. The third kappa shape index (κ3) is 4.29. The van der Waals surface area contributed by atoms with Crippen LogP contribution in [0.1, 0.15) is 32.6 Å². The number of anilines is 1. The van der Waals surface area contributed by atoms with Crippen molar-refractivity contribution in [1.29, 1.82) is 0 Å². The molecule has 2 saturated heterocycles. The van der Waals surface area contributed by atoms with Gasteiger partial charge in [0.1, 0.15) is 0 Å². The van der Waals surface area contributed by atoms with Crippen molar-refractivity contribution < 1.29 is 14.3 Å². The Kier molecular flexibility index (Phi) is 5.98. The van der Waals surface area contributed by atoms with E-state index in [0.29, 0.717) is 11.8 Å². The lowest BCUT2D eigenvalue weighted by atomic mass is 10.0. The van der Waals surface area contributed by atoms with Crippen molar-refractivity contribution in [2.75, 3.05) is 43.2 Å². The van der Waals surface area contributed by atoms with Crippen LogP contribution in [-0.2, 0) is 0 Å². The number of amides is 2. The quantitative estimate of drug-likeness (QED) is 0.831. The van der Waals surface area contributed by atoms with Gasteiger partial charge in [-0.2, -0.15) is 11.8 Å². The molecule has 3 aliphatic heterocycles. The van der Waals surface area contributed by atoms with Crippen molar-refractivity contribution in [2.24, 2.45) is 0 Å². The van der Waals surface area contributed by atoms with Gasteiger partial charge in [-0.15, -0.1) is 0 Å². The normalized spacial score (nSPS) is 23.0. The molecule has 4 rings (SSSR count). The topological polar surface area (TPSA) is 54.0 Å². The van der Waals surface area contributed by atoms with Crippen LogP contribution >= 0.6 is 11.8 Å². The molecular weight excluding hydrogens is 362 g/mol. The summed E-state index contributed by atoms with van der Waals surface area (Å²) in [5.41, 5.74) is 0.752. The van der Waals surface area contributed by atoms with E-state index >= 15 is 0 Å². The fourth-order valence-electron chi connectivity index (χ4n) is 4.35. The second-order valence-corrected chi connectivity index (χ2v) is 8.73.